The van der Waals surface area contributed by atoms with Gasteiger partial charge in [0.15, 0.2) is 5.76 Å². The molecule has 1 aromatic carbocycles. The molecule has 1 N–H and O–H groups in total. The molecule has 0 saturated heterocycles. The van der Waals surface area contributed by atoms with Gasteiger partial charge >= 0.3 is 5.97 Å². The number of hydrogen-bond acceptors (Lipinski definition) is 4. The van der Waals surface area contributed by atoms with Crippen LogP contribution in [0.2, 0.25) is 0 Å². The summed E-state index contributed by atoms with van der Waals surface area (Å²) < 4.78 is 10.8. The molecule has 6 heteroatoms. The van der Waals surface area contributed by atoms with E-state index >= 15 is 0 Å². The molecule has 0 radical (unpaired) electrons. The van der Waals surface area contributed by atoms with Crippen LogP contribution in [-0.2, 0) is 0 Å². The van der Waals surface area contributed by atoms with Gasteiger partial charge in [0.1, 0.15) is 17.6 Å². The summed E-state index contributed by atoms with van der Waals surface area (Å²) in [6.07, 6.45) is 1.05. The lowest BCUT2D eigenvalue weighted by molar-refractivity contribution is 0.0687. The van der Waals surface area contributed by atoms with E-state index in [2.05, 4.69) is 0 Å². The second-order valence-corrected chi connectivity index (χ2v) is 5.28. The maximum absolute atomic E-state index is 12.4. The van der Waals surface area contributed by atoms with E-state index in [9.17, 15) is 9.59 Å². The van der Waals surface area contributed by atoms with E-state index in [0.29, 0.717) is 5.76 Å². The highest BCUT2D eigenvalue weighted by Crippen LogP contribution is 2.27. The third-order valence-electron chi connectivity index (χ3n) is 3.81. The van der Waals surface area contributed by atoms with E-state index in [1.807, 2.05) is 37.3 Å². The van der Waals surface area contributed by atoms with Crippen molar-refractivity contribution < 1.29 is 23.5 Å². The highest BCUT2D eigenvalue weighted by Gasteiger charge is 2.24. The number of hydrogen-bond donors (Lipinski definition) is 1. The van der Waals surface area contributed by atoms with Crippen LogP contribution < -0.4 is 0 Å². The second kappa shape index (κ2) is 5.64. The predicted octanol–water partition coefficient (Wildman–Crippen LogP) is 3.56. The number of fused-ring (bicyclic) bond motifs is 1. The number of rotatable bonds is 4. The number of carboxylic acids is 1. The molecule has 1 atom stereocenters. The Bertz CT molecular complexity index is 843. The van der Waals surface area contributed by atoms with Crippen molar-refractivity contribution >= 4 is 22.8 Å². The Labute approximate surface area is 131 Å². The molecule has 6 nitrogen and oxygen atoms in total. The first-order valence-electron chi connectivity index (χ1n) is 7.05. The highest BCUT2D eigenvalue weighted by molar-refractivity contribution is 5.95. The number of aromatic carboxylic acids is 1. The van der Waals surface area contributed by atoms with Gasteiger partial charge in [-0.1, -0.05) is 18.2 Å². The number of nitrogens with zero attached hydrogens (tertiary/aromatic N) is 1. The van der Waals surface area contributed by atoms with E-state index in [-0.39, 0.29) is 17.4 Å². The molecular formula is C17H15NO5. The summed E-state index contributed by atoms with van der Waals surface area (Å²) in [7, 11) is 1.61. The Morgan fingerprint density at radius 3 is 2.61 bits per heavy atom. The molecule has 3 rings (SSSR count). The fourth-order valence-corrected chi connectivity index (χ4v) is 2.31. The van der Waals surface area contributed by atoms with Crippen molar-refractivity contribution in [2.75, 3.05) is 7.05 Å². The lowest BCUT2D eigenvalue weighted by atomic mass is 10.2. The van der Waals surface area contributed by atoms with Crippen LogP contribution in [0.15, 0.2) is 51.5 Å². The largest absolute Gasteiger partial charge is 0.478 e. The molecule has 118 valence electrons. The Balaban J connectivity index is 1.84. The summed E-state index contributed by atoms with van der Waals surface area (Å²) in [5.41, 5.74) is 0.694. The normalized spacial score (nSPS) is 12.3. The fraction of sp³-hybridized carbons (Fsp3) is 0.176. The first kappa shape index (κ1) is 14.9. The first-order chi connectivity index (χ1) is 11.0. The molecule has 0 fully saturated rings. The van der Waals surface area contributed by atoms with Crippen molar-refractivity contribution in [3.05, 3.63) is 59.7 Å². The molecule has 0 spiro atoms. The summed E-state index contributed by atoms with van der Waals surface area (Å²) in [4.78, 5) is 24.7. The summed E-state index contributed by atoms with van der Waals surface area (Å²) in [5.74, 6) is -0.925. The quantitative estimate of drug-likeness (QED) is 0.796. The Hall–Kier alpha value is -3.02. The topological polar surface area (TPSA) is 83.9 Å². The van der Waals surface area contributed by atoms with Gasteiger partial charge in [0.25, 0.3) is 5.91 Å². The molecule has 0 saturated carbocycles. The summed E-state index contributed by atoms with van der Waals surface area (Å²) in [6, 6.07) is 10.4. The molecule has 0 aliphatic rings. The fourth-order valence-electron chi connectivity index (χ4n) is 2.31. The van der Waals surface area contributed by atoms with Gasteiger partial charge in [0, 0.05) is 18.5 Å². The van der Waals surface area contributed by atoms with Crippen molar-refractivity contribution in [1.29, 1.82) is 0 Å². The van der Waals surface area contributed by atoms with E-state index in [1.165, 1.54) is 11.0 Å². The van der Waals surface area contributed by atoms with Gasteiger partial charge < -0.3 is 18.8 Å². The first-order valence-corrected chi connectivity index (χ1v) is 7.05. The number of carbonyl (C=O) groups is 2. The van der Waals surface area contributed by atoms with E-state index in [1.54, 1.807) is 7.05 Å². The predicted molar refractivity (Wildman–Crippen MR) is 82.4 cm³/mol. The van der Waals surface area contributed by atoms with Crippen molar-refractivity contribution in [2.45, 2.75) is 13.0 Å². The average molecular weight is 313 g/mol. The van der Waals surface area contributed by atoms with Crippen LogP contribution in [0.3, 0.4) is 0 Å². The molecule has 3 aromatic rings. The second-order valence-electron chi connectivity index (χ2n) is 5.28. The molecule has 2 heterocycles. The molecule has 23 heavy (non-hydrogen) atoms. The third kappa shape index (κ3) is 2.70. The highest BCUT2D eigenvalue weighted by atomic mass is 16.4. The van der Waals surface area contributed by atoms with Crippen molar-refractivity contribution in [3.63, 3.8) is 0 Å². The monoisotopic (exact) mass is 313 g/mol. The van der Waals surface area contributed by atoms with Gasteiger partial charge in [-0.25, -0.2) is 4.79 Å². The van der Waals surface area contributed by atoms with Crippen molar-refractivity contribution in [1.82, 2.24) is 4.90 Å². The van der Waals surface area contributed by atoms with E-state index in [0.717, 1.165) is 17.2 Å². The van der Waals surface area contributed by atoms with Gasteiger partial charge in [-0.05, 0) is 19.1 Å². The summed E-state index contributed by atoms with van der Waals surface area (Å²) in [5, 5.41) is 9.85. The number of amides is 1. The van der Waals surface area contributed by atoms with Crippen molar-refractivity contribution in [3.8, 4) is 0 Å². The third-order valence-corrected chi connectivity index (χ3v) is 3.81. The van der Waals surface area contributed by atoms with Crippen molar-refractivity contribution in [2.24, 2.45) is 0 Å². The Morgan fingerprint density at radius 1 is 1.22 bits per heavy atom. The van der Waals surface area contributed by atoms with Gasteiger partial charge in [-0.15, -0.1) is 0 Å². The van der Waals surface area contributed by atoms with Gasteiger partial charge in [0.2, 0.25) is 0 Å². The smallest absolute Gasteiger partial charge is 0.338 e. The average Bonchev–Trinajstić information content (AvgIpc) is 3.19. The molecule has 0 unspecified atom stereocenters. The van der Waals surface area contributed by atoms with Crippen LogP contribution in [0.25, 0.3) is 11.0 Å². The van der Waals surface area contributed by atoms with Gasteiger partial charge in [-0.2, -0.15) is 0 Å². The molecule has 0 aliphatic carbocycles. The minimum Gasteiger partial charge on any atom is -0.478 e. The van der Waals surface area contributed by atoms with Gasteiger partial charge in [0.05, 0.1) is 11.6 Å². The van der Waals surface area contributed by atoms with Crippen LogP contribution in [0.1, 0.15) is 39.6 Å². The maximum Gasteiger partial charge on any atom is 0.338 e. The molecule has 0 aliphatic heterocycles. The maximum atomic E-state index is 12.4. The zero-order valence-corrected chi connectivity index (χ0v) is 12.6. The standard InChI is InChI=1S/C17H15NO5/c1-10(14-7-11-5-3-4-6-13(11)23-14)18(2)16(19)15-8-12(9-22-15)17(20)21/h3-10H,1-2H3,(H,20,21)/t10-/m1/s1. The zero-order valence-electron chi connectivity index (χ0n) is 12.6. The summed E-state index contributed by atoms with van der Waals surface area (Å²) >= 11 is 0. The number of para-hydroxylation sites is 1. The van der Waals surface area contributed by atoms with Crippen LogP contribution >= 0.6 is 0 Å². The van der Waals surface area contributed by atoms with Gasteiger partial charge in [-0.3, -0.25) is 4.79 Å². The summed E-state index contributed by atoms with van der Waals surface area (Å²) in [6.45, 7) is 1.83. The van der Waals surface area contributed by atoms with Crippen LogP contribution in [0, 0.1) is 0 Å². The SMILES string of the molecule is C[C@H](c1cc2ccccc2o1)N(C)C(=O)c1cc(C(=O)O)co1. The molecule has 0 bridgehead atoms. The molecule has 2 aromatic heterocycles. The zero-order chi connectivity index (χ0) is 16.6. The van der Waals surface area contributed by atoms with Crippen LogP contribution in [0.4, 0.5) is 0 Å². The Kier molecular flexibility index (Phi) is 3.65. The lowest BCUT2D eigenvalue weighted by Gasteiger charge is -2.22. The van der Waals surface area contributed by atoms with E-state index < -0.39 is 11.9 Å². The molecular weight excluding hydrogens is 298 g/mol. The number of benzene rings is 1. The minimum absolute atomic E-state index is 0.0205. The Morgan fingerprint density at radius 2 is 1.96 bits per heavy atom. The van der Waals surface area contributed by atoms with Crippen LogP contribution in [0.5, 0.6) is 0 Å². The molecule has 1 amide bonds. The van der Waals surface area contributed by atoms with Crippen LogP contribution in [-0.4, -0.2) is 28.9 Å². The number of carboxylic acid groups (broad SMARTS) is 1. The number of carbonyl (C=O) groups excluding carboxylic acids is 1. The van der Waals surface area contributed by atoms with E-state index in [4.69, 9.17) is 13.9 Å². The minimum atomic E-state index is -1.14. The lowest BCUT2D eigenvalue weighted by Crippen LogP contribution is -2.29. The number of furan rings is 2.